The number of aliphatic hydroxyl groups is 1. The third-order valence-electron chi connectivity index (χ3n) is 2.78. The Bertz CT molecular complexity index is 328. The molecule has 0 saturated carbocycles. The Kier molecular flexibility index (Phi) is 2.64. The molecule has 0 aromatic rings. The first-order valence-electron chi connectivity index (χ1n) is 4.86. The van der Waals surface area contributed by atoms with E-state index in [-0.39, 0.29) is 17.5 Å². The average Bonchev–Trinajstić information content (AvgIpc) is 2.61. The normalized spacial score (nSPS) is 36.6. The Morgan fingerprint density at radius 1 is 1.21 bits per heavy atom. The molecule has 4 nitrogen and oxygen atoms in total. The number of hydrogen-bond acceptors (Lipinski definition) is 4. The van der Waals surface area contributed by atoms with E-state index in [1.54, 1.807) is 0 Å². The smallest absolute Gasteiger partial charge is 0.154 e. The summed E-state index contributed by atoms with van der Waals surface area (Å²) in [5, 5.41) is 12.7. The Morgan fingerprint density at radius 3 is 2.36 bits per heavy atom. The second kappa shape index (κ2) is 3.64. The molecule has 0 aromatic carbocycles. The van der Waals surface area contributed by atoms with Gasteiger partial charge in [0.05, 0.1) is 17.6 Å². The molecule has 0 radical (unpaired) electrons. The summed E-state index contributed by atoms with van der Waals surface area (Å²) in [6.45, 7) is 0. The monoisotopic (exact) mass is 217 g/mol. The van der Waals surface area contributed by atoms with Gasteiger partial charge in [0.15, 0.2) is 9.84 Å². The predicted octanol–water partition coefficient (Wildman–Crippen LogP) is -0.548. The standard InChI is InChI=1S/C9H15NO3S/c11-9-6-14(12,13)5-8(9)10-7-3-1-2-4-7/h1-2,7-11H,3-6H2. The minimum absolute atomic E-state index is 0.0741. The molecule has 5 heteroatoms. The van der Waals surface area contributed by atoms with Crippen molar-refractivity contribution in [1.82, 2.24) is 5.32 Å². The third-order valence-corrected chi connectivity index (χ3v) is 4.50. The van der Waals surface area contributed by atoms with Crippen LogP contribution in [-0.2, 0) is 9.84 Å². The molecule has 0 aromatic heterocycles. The second-order valence-corrected chi connectivity index (χ2v) is 6.21. The van der Waals surface area contributed by atoms with Crippen molar-refractivity contribution in [3.8, 4) is 0 Å². The lowest BCUT2D eigenvalue weighted by Crippen LogP contribution is -2.44. The number of nitrogens with one attached hydrogen (secondary N) is 1. The Labute approximate surface area is 83.9 Å². The molecule has 80 valence electrons. The zero-order valence-electron chi connectivity index (χ0n) is 7.89. The summed E-state index contributed by atoms with van der Waals surface area (Å²) in [6.07, 6.45) is 5.29. The van der Waals surface area contributed by atoms with Crippen molar-refractivity contribution in [2.45, 2.75) is 31.0 Å². The molecule has 1 saturated heterocycles. The maximum absolute atomic E-state index is 11.2. The summed E-state index contributed by atoms with van der Waals surface area (Å²) >= 11 is 0. The van der Waals surface area contributed by atoms with Crippen LogP contribution >= 0.6 is 0 Å². The first-order valence-corrected chi connectivity index (χ1v) is 6.68. The molecule has 1 aliphatic heterocycles. The molecule has 1 fully saturated rings. The summed E-state index contributed by atoms with van der Waals surface area (Å²) in [7, 11) is -3.02. The van der Waals surface area contributed by atoms with Crippen molar-refractivity contribution in [3.63, 3.8) is 0 Å². The fraction of sp³-hybridized carbons (Fsp3) is 0.778. The van der Waals surface area contributed by atoms with E-state index in [9.17, 15) is 13.5 Å². The molecule has 0 bridgehead atoms. The van der Waals surface area contributed by atoms with Crippen LogP contribution in [0.15, 0.2) is 12.2 Å². The maximum atomic E-state index is 11.2. The van der Waals surface area contributed by atoms with Gasteiger partial charge in [-0.3, -0.25) is 0 Å². The SMILES string of the molecule is O=S1(=O)CC(O)C(NC2CC=CC2)C1. The summed E-state index contributed by atoms with van der Waals surface area (Å²) in [6, 6.07) is 0.0350. The van der Waals surface area contributed by atoms with Crippen LogP contribution < -0.4 is 5.32 Å². The number of aliphatic hydroxyl groups excluding tert-OH is 1. The van der Waals surface area contributed by atoms with Crippen molar-refractivity contribution >= 4 is 9.84 Å². The Balaban J connectivity index is 1.92. The van der Waals surface area contributed by atoms with Crippen LogP contribution in [0, 0.1) is 0 Å². The highest BCUT2D eigenvalue weighted by molar-refractivity contribution is 7.91. The predicted molar refractivity (Wildman–Crippen MR) is 53.7 cm³/mol. The van der Waals surface area contributed by atoms with Crippen molar-refractivity contribution in [1.29, 1.82) is 0 Å². The maximum Gasteiger partial charge on any atom is 0.154 e. The summed E-state index contributed by atoms with van der Waals surface area (Å²) < 4.78 is 22.4. The largest absolute Gasteiger partial charge is 0.390 e. The summed E-state index contributed by atoms with van der Waals surface area (Å²) in [5.74, 6) is -0.0184. The number of sulfone groups is 1. The van der Waals surface area contributed by atoms with Crippen molar-refractivity contribution < 1.29 is 13.5 Å². The van der Waals surface area contributed by atoms with Crippen LogP contribution in [0.25, 0.3) is 0 Å². The van der Waals surface area contributed by atoms with E-state index in [1.807, 2.05) is 0 Å². The molecule has 0 amide bonds. The van der Waals surface area contributed by atoms with Crippen LogP contribution in [0.3, 0.4) is 0 Å². The second-order valence-electron chi connectivity index (χ2n) is 4.06. The minimum Gasteiger partial charge on any atom is -0.390 e. The Morgan fingerprint density at radius 2 is 1.86 bits per heavy atom. The van der Waals surface area contributed by atoms with Crippen LogP contribution in [0.1, 0.15) is 12.8 Å². The topological polar surface area (TPSA) is 66.4 Å². The summed E-state index contributed by atoms with van der Waals surface area (Å²) in [5.41, 5.74) is 0. The van der Waals surface area contributed by atoms with E-state index < -0.39 is 15.9 Å². The lowest BCUT2D eigenvalue weighted by Gasteiger charge is -2.19. The van der Waals surface area contributed by atoms with Crippen molar-refractivity contribution in [2.75, 3.05) is 11.5 Å². The molecule has 2 aliphatic rings. The molecule has 0 spiro atoms. The van der Waals surface area contributed by atoms with Gasteiger partial charge in [0, 0.05) is 12.1 Å². The van der Waals surface area contributed by atoms with Gasteiger partial charge in [-0.2, -0.15) is 0 Å². The molecule has 14 heavy (non-hydrogen) atoms. The van der Waals surface area contributed by atoms with Crippen LogP contribution in [0.4, 0.5) is 0 Å². The fourth-order valence-corrected chi connectivity index (χ4v) is 3.80. The zero-order valence-corrected chi connectivity index (χ0v) is 8.70. The van der Waals surface area contributed by atoms with Gasteiger partial charge in [0.25, 0.3) is 0 Å². The van der Waals surface area contributed by atoms with Gasteiger partial charge >= 0.3 is 0 Å². The molecule has 1 heterocycles. The molecular weight excluding hydrogens is 202 g/mol. The quantitative estimate of drug-likeness (QED) is 0.609. The lowest BCUT2D eigenvalue weighted by atomic mass is 10.1. The zero-order chi connectivity index (χ0) is 10.2. The molecule has 2 unspecified atom stereocenters. The van der Waals surface area contributed by atoms with E-state index in [4.69, 9.17) is 0 Å². The van der Waals surface area contributed by atoms with E-state index >= 15 is 0 Å². The molecule has 2 N–H and O–H groups in total. The first-order chi connectivity index (χ1) is 6.57. The Hall–Kier alpha value is -0.390. The first kappa shape index (κ1) is 10.1. The summed E-state index contributed by atoms with van der Waals surface area (Å²) in [4.78, 5) is 0. The van der Waals surface area contributed by atoms with Crippen molar-refractivity contribution in [3.05, 3.63) is 12.2 Å². The van der Waals surface area contributed by atoms with Gasteiger partial charge in [-0.25, -0.2) is 8.42 Å². The van der Waals surface area contributed by atoms with Gasteiger partial charge in [0.1, 0.15) is 0 Å². The van der Waals surface area contributed by atoms with Crippen molar-refractivity contribution in [2.24, 2.45) is 0 Å². The highest BCUT2D eigenvalue weighted by Gasteiger charge is 2.37. The van der Waals surface area contributed by atoms with Crippen LogP contribution in [-0.4, -0.2) is 43.2 Å². The minimum atomic E-state index is -3.02. The molecule has 2 rings (SSSR count). The number of rotatable bonds is 2. The van der Waals surface area contributed by atoms with Gasteiger partial charge in [-0.1, -0.05) is 12.2 Å². The third kappa shape index (κ3) is 2.16. The number of hydrogen-bond donors (Lipinski definition) is 2. The molecule has 2 atom stereocenters. The average molecular weight is 217 g/mol. The van der Waals surface area contributed by atoms with Crippen LogP contribution in [0.5, 0.6) is 0 Å². The van der Waals surface area contributed by atoms with E-state index in [2.05, 4.69) is 17.5 Å². The van der Waals surface area contributed by atoms with Gasteiger partial charge in [-0.15, -0.1) is 0 Å². The molecular formula is C9H15NO3S. The molecule has 1 aliphatic carbocycles. The van der Waals surface area contributed by atoms with Crippen LogP contribution in [0.2, 0.25) is 0 Å². The van der Waals surface area contributed by atoms with E-state index in [0.29, 0.717) is 6.04 Å². The van der Waals surface area contributed by atoms with E-state index in [1.165, 1.54) is 0 Å². The highest BCUT2D eigenvalue weighted by atomic mass is 32.2. The highest BCUT2D eigenvalue weighted by Crippen LogP contribution is 2.16. The van der Waals surface area contributed by atoms with Gasteiger partial charge in [0.2, 0.25) is 0 Å². The fourth-order valence-electron chi connectivity index (χ4n) is 2.04. The van der Waals surface area contributed by atoms with Gasteiger partial charge in [-0.05, 0) is 12.8 Å². The lowest BCUT2D eigenvalue weighted by molar-refractivity contribution is 0.159. The van der Waals surface area contributed by atoms with E-state index in [0.717, 1.165) is 12.8 Å². The van der Waals surface area contributed by atoms with Gasteiger partial charge < -0.3 is 10.4 Å².